The predicted molar refractivity (Wildman–Crippen MR) is 72.0 cm³/mol. The van der Waals surface area contributed by atoms with Crippen LogP contribution < -0.4 is 11.3 Å². The van der Waals surface area contributed by atoms with E-state index < -0.39 is 0 Å². The van der Waals surface area contributed by atoms with Gasteiger partial charge in [0.05, 0.1) is 11.6 Å². The Morgan fingerprint density at radius 3 is 2.76 bits per heavy atom. The molecule has 3 N–H and O–H groups in total. The molecule has 17 heavy (non-hydrogen) atoms. The maximum Gasteiger partial charge on any atom is 0.0847 e. The van der Waals surface area contributed by atoms with Gasteiger partial charge in [-0.1, -0.05) is 19.3 Å². The van der Waals surface area contributed by atoms with Gasteiger partial charge in [-0.05, 0) is 41.7 Å². The molecule has 0 radical (unpaired) electrons. The van der Waals surface area contributed by atoms with Crippen molar-refractivity contribution in [2.24, 2.45) is 5.84 Å². The van der Waals surface area contributed by atoms with Crippen molar-refractivity contribution in [2.45, 2.75) is 50.2 Å². The molecular formula is C13H22N2OS. The van der Waals surface area contributed by atoms with Crippen LogP contribution in [-0.2, 0) is 11.2 Å². The summed E-state index contributed by atoms with van der Waals surface area (Å²) in [7, 11) is 1.82. The molecule has 0 aliphatic heterocycles. The normalized spacial score (nSPS) is 21.3. The van der Waals surface area contributed by atoms with Crippen molar-refractivity contribution in [3.8, 4) is 0 Å². The van der Waals surface area contributed by atoms with Crippen LogP contribution in [0.1, 0.15) is 37.7 Å². The number of hydrogen-bond acceptors (Lipinski definition) is 4. The summed E-state index contributed by atoms with van der Waals surface area (Å²) in [6, 6.07) is 2.38. The minimum atomic E-state index is -0.0745. The Kier molecular flexibility index (Phi) is 4.56. The third-order valence-corrected chi connectivity index (χ3v) is 4.69. The van der Waals surface area contributed by atoms with Gasteiger partial charge in [0, 0.05) is 7.11 Å². The highest BCUT2D eigenvalue weighted by molar-refractivity contribution is 7.07. The summed E-state index contributed by atoms with van der Waals surface area (Å²) in [5, 5.41) is 4.31. The monoisotopic (exact) mass is 254 g/mol. The number of rotatable bonds is 5. The lowest BCUT2D eigenvalue weighted by atomic mass is 9.77. The van der Waals surface area contributed by atoms with Crippen molar-refractivity contribution in [1.29, 1.82) is 0 Å². The van der Waals surface area contributed by atoms with Gasteiger partial charge >= 0.3 is 0 Å². The van der Waals surface area contributed by atoms with Crippen LogP contribution >= 0.6 is 11.3 Å². The molecule has 1 unspecified atom stereocenters. The molecule has 0 saturated heterocycles. The van der Waals surface area contributed by atoms with Gasteiger partial charge < -0.3 is 4.74 Å². The summed E-state index contributed by atoms with van der Waals surface area (Å²) in [6.45, 7) is 0. The highest BCUT2D eigenvalue weighted by Gasteiger charge is 2.39. The number of thiophene rings is 1. The van der Waals surface area contributed by atoms with Gasteiger partial charge in [-0.25, -0.2) is 0 Å². The Labute approximate surface area is 107 Å². The third-order valence-electron chi connectivity index (χ3n) is 3.96. The van der Waals surface area contributed by atoms with Crippen molar-refractivity contribution in [1.82, 2.24) is 5.43 Å². The second-order valence-electron chi connectivity index (χ2n) is 4.88. The summed E-state index contributed by atoms with van der Waals surface area (Å²) < 4.78 is 5.84. The molecule has 0 aromatic carbocycles. The van der Waals surface area contributed by atoms with E-state index in [0.717, 1.165) is 19.3 Å². The second-order valence-corrected chi connectivity index (χ2v) is 5.66. The Bertz CT molecular complexity index is 320. The predicted octanol–water partition coefficient (Wildman–Crippen LogP) is 2.47. The van der Waals surface area contributed by atoms with E-state index in [4.69, 9.17) is 10.6 Å². The first-order valence-electron chi connectivity index (χ1n) is 6.33. The molecule has 0 bridgehead atoms. The summed E-state index contributed by atoms with van der Waals surface area (Å²) >= 11 is 1.74. The standard InChI is InChI=1S/C13H22N2OS/c1-16-13(6-3-2-4-7-13)12(15-14)9-11-5-8-17-10-11/h5,8,10,12,15H,2-4,6-7,9,14H2,1H3. The highest BCUT2D eigenvalue weighted by atomic mass is 32.1. The average Bonchev–Trinajstić information content (AvgIpc) is 2.89. The van der Waals surface area contributed by atoms with Crippen LogP contribution in [0.25, 0.3) is 0 Å². The average molecular weight is 254 g/mol. The Hall–Kier alpha value is -0.420. The van der Waals surface area contributed by atoms with E-state index in [9.17, 15) is 0 Å². The van der Waals surface area contributed by atoms with Crippen molar-refractivity contribution >= 4 is 11.3 Å². The molecular weight excluding hydrogens is 232 g/mol. The van der Waals surface area contributed by atoms with E-state index in [1.54, 1.807) is 11.3 Å². The Balaban J connectivity index is 2.09. The molecule has 4 heteroatoms. The molecule has 1 heterocycles. The van der Waals surface area contributed by atoms with Crippen LogP contribution in [0.5, 0.6) is 0 Å². The molecule has 1 atom stereocenters. The van der Waals surface area contributed by atoms with Gasteiger partial charge in [-0.15, -0.1) is 0 Å². The van der Waals surface area contributed by atoms with Crippen molar-refractivity contribution in [2.75, 3.05) is 7.11 Å². The fourth-order valence-electron chi connectivity index (χ4n) is 2.89. The third kappa shape index (κ3) is 2.88. The summed E-state index contributed by atoms with van der Waals surface area (Å²) in [5.74, 6) is 5.75. The molecule has 3 nitrogen and oxygen atoms in total. The molecule has 1 aromatic rings. The number of nitrogens with two attached hydrogens (primary N) is 1. The number of methoxy groups -OCH3 is 1. The number of hydrazine groups is 1. The van der Waals surface area contributed by atoms with Crippen molar-refractivity contribution in [3.63, 3.8) is 0 Å². The molecule has 2 rings (SSSR count). The minimum absolute atomic E-state index is 0.0745. The number of ether oxygens (including phenoxy) is 1. The molecule has 0 spiro atoms. The molecule has 0 amide bonds. The van der Waals surface area contributed by atoms with Crippen LogP contribution in [0.2, 0.25) is 0 Å². The first-order valence-corrected chi connectivity index (χ1v) is 7.27. The number of hydrogen-bond donors (Lipinski definition) is 2. The van der Waals surface area contributed by atoms with Crippen LogP contribution in [0, 0.1) is 0 Å². The molecule has 1 aliphatic rings. The quantitative estimate of drug-likeness (QED) is 0.627. The molecule has 1 saturated carbocycles. The van der Waals surface area contributed by atoms with Crippen molar-refractivity contribution in [3.05, 3.63) is 22.4 Å². The summed E-state index contributed by atoms with van der Waals surface area (Å²) in [6.07, 6.45) is 6.99. The Morgan fingerprint density at radius 1 is 1.47 bits per heavy atom. The summed E-state index contributed by atoms with van der Waals surface area (Å²) in [5.41, 5.74) is 4.25. The zero-order chi connectivity index (χ0) is 12.1. The first kappa shape index (κ1) is 13.0. The zero-order valence-corrected chi connectivity index (χ0v) is 11.3. The van der Waals surface area contributed by atoms with Gasteiger partial charge in [0.1, 0.15) is 0 Å². The lowest BCUT2D eigenvalue weighted by Crippen LogP contribution is -2.56. The van der Waals surface area contributed by atoms with Crippen LogP contribution in [0.4, 0.5) is 0 Å². The van der Waals surface area contributed by atoms with Gasteiger partial charge in [0.25, 0.3) is 0 Å². The Morgan fingerprint density at radius 2 is 2.24 bits per heavy atom. The highest BCUT2D eigenvalue weighted by Crippen LogP contribution is 2.35. The van der Waals surface area contributed by atoms with E-state index in [1.807, 2.05) is 7.11 Å². The van der Waals surface area contributed by atoms with Crippen LogP contribution in [-0.4, -0.2) is 18.8 Å². The minimum Gasteiger partial charge on any atom is -0.377 e. The maximum absolute atomic E-state index is 5.84. The molecule has 1 aliphatic carbocycles. The fourth-order valence-corrected chi connectivity index (χ4v) is 3.57. The summed E-state index contributed by atoms with van der Waals surface area (Å²) in [4.78, 5) is 0. The van der Waals surface area contributed by atoms with E-state index in [1.165, 1.54) is 24.8 Å². The van der Waals surface area contributed by atoms with E-state index >= 15 is 0 Å². The first-order chi connectivity index (χ1) is 8.30. The lowest BCUT2D eigenvalue weighted by molar-refractivity contribution is -0.0673. The zero-order valence-electron chi connectivity index (χ0n) is 10.4. The fraction of sp³-hybridized carbons (Fsp3) is 0.692. The lowest BCUT2D eigenvalue weighted by Gasteiger charge is -2.42. The molecule has 96 valence electrons. The molecule has 1 aromatic heterocycles. The molecule has 1 fully saturated rings. The largest absolute Gasteiger partial charge is 0.377 e. The van der Waals surface area contributed by atoms with E-state index in [2.05, 4.69) is 22.3 Å². The van der Waals surface area contributed by atoms with E-state index in [-0.39, 0.29) is 11.6 Å². The van der Waals surface area contributed by atoms with E-state index in [0.29, 0.717) is 0 Å². The van der Waals surface area contributed by atoms with Crippen LogP contribution in [0.15, 0.2) is 16.8 Å². The smallest absolute Gasteiger partial charge is 0.0847 e. The van der Waals surface area contributed by atoms with Gasteiger partial charge in [-0.3, -0.25) is 11.3 Å². The maximum atomic E-state index is 5.84. The van der Waals surface area contributed by atoms with Gasteiger partial charge in [0.15, 0.2) is 0 Å². The SMILES string of the molecule is COC1(C(Cc2ccsc2)NN)CCCCC1. The van der Waals surface area contributed by atoms with Crippen molar-refractivity contribution < 1.29 is 4.74 Å². The number of nitrogens with one attached hydrogen (secondary N) is 1. The van der Waals surface area contributed by atoms with Gasteiger partial charge in [-0.2, -0.15) is 11.3 Å². The van der Waals surface area contributed by atoms with Crippen LogP contribution in [0.3, 0.4) is 0 Å². The second kappa shape index (κ2) is 5.96. The van der Waals surface area contributed by atoms with Gasteiger partial charge in [0.2, 0.25) is 0 Å². The topological polar surface area (TPSA) is 47.3 Å².